The lowest BCUT2D eigenvalue weighted by atomic mass is 10.0. The summed E-state index contributed by atoms with van der Waals surface area (Å²) in [5, 5.41) is 0. The van der Waals surface area contributed by atoms with Gasteiger partial charge in [0, 0.05) is 19.3 Å². The molecule has 0 aromatic carbocycles. The number of unbranched alkanes of at least 4 members (excludes halogenated alkanes) is 36. The largest absolute Gasteiger partial charge is 0.462 e. The maximum atomic E-state index is 12.9. The molecule has 0 saturated carbocycles. The summed E-state index contributed by atoms with van der Waals surface area (Å²) in [4.78, 5) is 38.4. The predicted octanol–water partition coefficient (Wildman–Crippen LogP) is 24.0. The van der Waals surface area contributed by atoms with Gasteiger partial charge in [-0.1, -0.05) is 304 Å². The van der Waals surface area contributed by atoms with Crippen LogP contribution in [-0.2, 0) is 28.6 Å². The molecular formula is C75H130O6. The van der Waals surface area contributed by atoms with Crippen LogP contribution in [0, 0.1) is 0 Å². The Kier molecular flexibility index (Phi) is 65.7. The van der Waals surface area contributed by atoms with Gasteiger partial charge in [-0.05, 0) is 116 Å². The van der Waals surface area contributed by atoms with Crippen LogP contribution in [-0.4, -0.2) is 37.2 Å². The summed E-state index contributed by atoms with van der Waals surface area (Å²) in [6.07, 6.45) is 92.9. The first-order chi connectivity index (χ1) is 40.0. The Morgan fingerprint density at radius 1 is 0.259 bits per heavy atom. The van der Waals surface area contributed by atoms with Gasteiger partial charge >= 0.3 is 17.9 Å². The molecule has 1 unspecified atom stereocenters. The summed E-state index contributed by atoms with van der Waals surface area (Å²) in [6, 6.07) is 0. The van der Waals surface area contributed by atoms with Crippen LogP contribution in [0.4, 0.5) is 0 Å². The van der Waals surface area contributed by atoms with Gasteiger partial charge in [-0.25, -0.2) is 0 Å². The monoisotopic (exact) mass is 1130 g/mol. The molecular weight excluding hydrogens is 997 g/mol. The molecule has 0 aliphatic heterocycles. The third-order valence-electron chi connectivity index (χ3n) is 15.0. The lowest BCUT2D eigenvalue weighted by Crippen LogP contribution is -2.30. The highest BCUT2D eigenvalue weighted by Gasteiger charge is 2.19. The van der Waals surface area contributed by atoms with E-state index >= 15 is 0 Å². The van der Waals surface area contributed by atoms with Gasteiger partial charge in [-0.15, -0.1) is 0 Å². The number of hydrogen-bond donors (Lipinski definition) is 0. The number of ether oxygens (including phenoxy) is 3. The van der Waals surface area contributed by atoms with Crippen LogP contribution in [0.5, 0.6) is 0 Å². The van der Waals surface area contributed by atoms with E-state index in [4.69, 9.17) is 14.2 Å². The first kappa shape index (κ1) is 77.3. The fourth-order valence-corrected chi connectivity index (χ4v) is 9.84. The summed E-state index contributed by atoms with van der Waals surface area (Å²) < 4.78 is 16.9. The summed E-state index contributed by atoms with van der Waals surface area (Å²) in [5.74, 6) is -0.884. The molecule has 0 bridgehead atoms. The molecule has 0 radical (unpaired) electrons. The lowest BCUT2D eigenvalue weighted by Gasteiger charge is -2.18. The Morgan fingerprint density at radius 3 is 0.802 bits per heavy atom. The molecule has 466 valence electrons. The van der Waals surface area contributed by atoms with Crippen LogP contribution in [0.3, 0.4) is 0 Å². The lowest BCUT2D eigenvalue weighted by molar-refractivity contribution is -0.167. The van der Waals surface area contributed by atoms with E-state index in [1.165, 1.54) is 193 Å². The van der Waals surface area contributed by atoms with E-state index in [1.54, 1.807) is 0 Å². The van der Waals surface area contributed by atoms with E-state index in [9.17, 15) is 14.4 Å². The van der Waals surface area contributed by atoms with Crippen LogP contribution >= 0.6 is 0 Å². The van der Waals surface area contributed by atoms with Crippen molar-refractivity contribution in [2.24, 2.45) is 0 Å². The molecule has 0 aliphatic rings. The number of hydrogen-bond acceptors (Lipinski definition) is 6. The van der Waals surface area contributed by atoms with Gasteiger partial charge in [-0.3, -0.25) is 14.4 Å². The summed E-state index contributed by atoms with van der Waals surface area (Å²) in [5.41, 5.74) is 0. The van der Waals surface area contributed by atoms with Gasteiger partial charge < -0.3 is 14.2 Å². The van der Waals surface area contributed by atoms with Crippen LogP contribution in [0.15, 0.2) is 97.2 Å². The standard InChI is InChI=1S/C75H130O6/c1-4-7-10-13-16-19-22-24-26-28-30-32-34-36-37-39-40-42-44-46-48-50-53-56-59-62-65-68-74(77)80-71-72(70-79-73(76)67-64-61-58-55-52-21-18-15-12-9-6-3)81-75(78)69-66-63-60-57-54-51-49-47-45-43-41-38-35-33-31-29-27-25-23-20-17-14-11-8-5-2/h8,11,15,17-18,20,22,24-25,27-28,30-31,33,38,41,72H,4-7,9-10,12-14,16,19,21,23,26,29,32,34-37,39-40,42-71H2,1-3H3/b11-8-,18-15-,20-17-,24-22-,27-25-,30-28-,33-31-,41-38-. The fourth-order valence-electron chi connectivity index (χ4n) is 9.84. The van der Waals surface area contributed by atoms with E-state index in [0.29, 0.717) is 19.3 Å². The van der Waals surface area contributed by atoms with Crippen LogP contribution in [0.1, 0.15) is 342 Å². The number of allylic oxidation sites excluding steroid dienone is 16. The van der Waals surface area contributed by atoms with Crippen molar-refractivity contribution in [2.45, 2.75) is 348 Å². The molecule has 6 heteroatoms. The smallest absolute Gasteiger partial charge is 0.306 e. The molecule has 0 fully saturated rings. The van der Waals surface area contributed by atoms with Crippen LogP contribution in [0.25, 0.3) is 0 Å². The summed E-state index contributed by atoms with van der Waals surface area (Å²) >= 11 is 0. The SMILES string of the molecule is CC/C=C\C/C=C\C/C=C\C/C=C\C/C=C\CCCCCCCCCCCC(=O)OC(COC(=O)CCCCCCC/C=C\CCCC)COC(=O)CCCCCCCCCCCCCCCCC/C=C\C/C=C\CCCCCCC. The minimum Gasteiger partial charge on any atom is -0.462 e. The Morgan fingerprint density at radius 2 is 0.494 bits per heavy atom. The number of carbonyl (C=O) groups excluding carboxylic acids is 3. The Bertz CT molecular complexity index is 1580. The molecule has 0 rings (SSSR count). The molecule has 0 saturated heterocycles. The molecule has 0 amide bonds. The Balaban J connectivity index is 4.24. The van der Waals surface area contributed by atoms with Crippen molar-refractivity contribution in [3.63, 3.8) is 0 Å². The van der Waals surface area contributed by atoms with Gasteiger partial charge in [0.25, 0.3) is 0 Å². The minimum atomic E-state index is -0.785. The second-order valence-corrected chi connectivity index (χ2v) is 23.1. The minimum absolute atomic E-state index is 0.0806. The van der Waals surface area contributed by atoms with Gasteiger partial charge in [0.05, 0.1) is 0 Å². The van der Waals surface area contributed by atoms with E-state index in [2.05, 4.69) is 118 Å². The zero-order chi connectivity index (χ0) is 58.5. The van der Waals surface area contributed by atoms with Crippen LogP contribution in [0.2, 0.25) is 0 Å². The zero-order valence-electron chi connectivity index (χ0n) is 53.5. The second-order valence-electron chi connectivity index (χ2n) is 23.1. The van der Waals surface area contributed by atoms with Crippen molar-refractivity contribution < 1.29 is 28.6 Å². The average molecular weight is 1130 g/mol. The van der Waals surface area contributed by atoms with Crippen molar-refractivity contribution >= 4 is 17.9 Å². The third-order valence-corrected chi connectivity index (χ3v) is 15.0. The average Bonchev–Trinajstić information content (AvgIpc) is 3.47. The number of carbonyl (C=O) groups is 3. The van der Waals surface area contributed by atoms with Gasteiger partial charge in [0.1, 0.15) is 13.2 Å². The molecule has 0 aromatic heterocycles. The Hall–Kier alpha value is -3.67. The highest BCUT2D eigenvalue weighted by molar-refractivity contribution is 5.71. The second kappa shape index (κ2) is 68.8. The third kappa shape index (κ3) is 67.0. The maximum absolute atomic E-state index is 12.9. The number of esters is 3. The molecule has 1 atom stereocenters. The normalized spacial score (nSPS) is 12.7. The first-order valence-corrected chi connectivity index (χ1v) is 34.7. The highest BCUT2D eigenvalue weighted by Crippen LogP contribution is 2.17. The first-order valence-electron chi connectivity index (χ1n) is 34.7. The van der Waals surface area contributed by atoms with Crippen molar-refractivity contribution in [3.8, 4) is 0 Å². The van der Waals surface area contributed by atoms with E-state index in [0.717, 1.165) is 109 Å². The van der Waals surface area contributed by atoms with Gasteiger partial charge in [0.15, 0.2) is 6.10 Å². The summed E-state index contributed by atoms with van der Waals surface area (Å²) in [7, 11) is 0. The molecule has 0 spiro atoms. The molecule has 0 N–H and O–H groups in total. The van der Waals surface area contributed by atoms with E-state index < -0.39 is 6.10 Å². The molecule has 6 nitrogen and oxygen atoms in total. The molecule has 0 heterocycles. The molecule has 81 heavy (non-hydrogen) atoms. The van der Waals surface area contributed by atoms with Gasteiger partial charge in [0.2, 0.25) is 0 Å². The van der Waals surface area contributed by atoms with Gasteiger partial charge in [-0.2, -0.15) is 0 Å². The number of rotatable bonds is 63. The maximum Gasteiger partial charge on any atom is 0.306 e. The molecule has 0 aromatic rings. The predicted molar refractivity (Wildman–Crippen MR) is 353 cm³/mol. The van der Waals surface area contributed by atoms with Crippen molar-refractivity contribution in [3.05, 3.63) is 97.2 Å². The quantitative estimate of drug-likeness (QED) is 0.0261. The fraction of sp³-hybridized carbons (Fsp3) is 0.747. The van der Waals surface area contributed by atoms with Crippen molar-refractivity contribution in [1.82, 2.24) is 0 Å². The van der Waals surface area contributed by atoms with Crippen molar-refractivity contribution in [2.75, 3.05) is 13.2 Å². The zero-order valence-corrected chi connectivity index (χ0v) is 53.5. The Labute approximate surface area is 502 Å². The van der Waals surface area contributed by atoms with Crippen molar-refractivity contribution in [1.29, 1.82) is 0 Å². The van der Waals surface area contributed by atoms with Crippen LogP contribution < -0.4 is 0 Å². The molecule has 0 aliphatic carbocycles. The van der Waals surface area contributed by atoms with E-state index in [-0.39, 0.29) is 31.1 Å². The summed E-state index contributed by atoms with van der Waals surface area (Å²) in [6.45, 7) is 6.50. The highest BCUT2D eigenvalue weighted by atomic mass is 16.6. The van der Waals surface area contributed by atoms with E-state index in [1.807, 2.05) is 0 Å². The topological polar surface area (TPSA) is 78.9 Å².